The number of aromatic amines is 1. The summed E-state index contributed by atoms with van der Waals surface area (Å²) in [4.78, 5) is 11.1. The van der Waals surface area contributed by atoms with Gasteiger partial charge in [-0.15, -0.1) is 0 Å². The number of hydrogen-bond donors (Lipinski definition) is 1. The molecule has 0 unspecified atom stereocenters. The van der Waals surface area contributed by atoms with Crippen molar-refractivity contribution in [2.24, 2.45) is 0 Å². The second-order valence-corrected chi connectivity index (χ2v) is 3.55. The first kappa shape index (κ1) is 10.2. The van der Waals surface area contributed by atoms with Crippen molar-refractivity contribution >= 4 is 0 Å². The highest BCUT2D eigenvalue weighted by Crippen LogP contribution is 2.20. The van der Waals surface area contributed by atoms with Gasteiger partial charge in [0, 0.05) is 18.0 Å². The summed E-state index contributed by atoms with van der Waals surface area (Å²) in [6.07, 6.45) is 3.29. The zero-order valence-corrected chi connectivity index (χ0v) is 9.16. The Morgan fingerprint density at radius 2 is 2.28 bits per heavy atom. The minimum atomic E-state index is 0.360. The quantitative estimate of drug-likeness (QED) is 0.735. The maximum Gasteiger partial charge on any atom is 0.258 e. The molecule has 0 atom stereocenters. The first-order valence-corrected chi connectivity index (χ1v) is 5.21. The van der Waals surface area contributed by atoms with Crippen molar-refractivity contribution in [2.75, 3.05) is 0 Å². The van der Waals surface area contributed by atoms with E-state index in [4.69, 9.17) is 9.78 Å². The first-order valence-electron chi connectivity index (χ1n) is 5.21. The first-order chi connectivity index (χ1) is 8.86. The van der Waals surface area contributed by atoms with E-state index in [0.29, 0.717) is 28.7 Å². The number of nitrogens with zero attached hydrogens (tertiary/aromatic N) is 4. The molecule has 6 heteroatoms. The summed E-state index contributed by atoms with van der Waals surface area (Å²) in [6, 6.07) is 9.05. The molecule has 86 valence electrons. The number of benzene rings is 1. The Bertz CT molecular complexity index is 708. The zero-order chi connectivity index (χ0) is 12.4. The van der Waals surface area contributed by atoms with Crippen LogP contribution in [0.3, 0.4) is 0 Å². The maximum atomic E-state index is 8.83. The fraction of sp³-hybridized carbons (Fsp3) is 0. The molecule has 2 heterocycles. The van der Waals surface area contributed by atoms with Crippen molar-refractivity contribution in [1.29, 1.82) is 5.26 Å². The van der Waals surface area contributed by atoms with Crippen LogP contribution in [-0.4, -0.2) is 20.1 Å². The van der Waals surface area contributed by atoms with Gasteiger partial charge in [0.05, 0.1) is 11.6 Å². The largest absolute Gasteiger partial charge is 0.342 e. The minimum absolute atomic E-state index is 0.360. The van der Waals surface area contributed by atoms with Gasteiger partial charge < -0.3 is 9.51 Å². The van der Waals surface area contributed by atoms with Gasteiger partial charge in [-0.2, -0.15) is 10.2 Å². The van der Waals surface area contributed by atoms with Crippen LogP contribution in [0.4, 0.5) is 0 Å². The van der Waals surface area contributed by atoms with Crippen molar-refractivity contribution < 1.29 is 4.52 Å². The third-order valence-electron chi connectivity index (χ3n) is 2.37. The van der Waals surface area contributed by atoms with E-state index < -0.39 is 0 Å². The van der Waals surface area contributed by atoms with Gasteiger partial charge in [-0.05, 0) is 18.2 Å². The van der Waals surface area contributed by atoms with E-state index in [0.717, 1.165) is 0 Å². The Kier molecular flexibility index (Phi) is 2.35. The Balaban J connectivity index is 2.01. The van der Waals surface area contributed by atoms with Crippen LogP contribution in [0.2, 0.25) is 0 Å². The Morgan fingerprint density at radius 3 is 3.06 bits per heavy atom. The minimum Gasteiger partial charge on any atom is -0.342 e. The monoisotopic (exact) mass is 237 g/mol. The van der Waals surface area contributed by atoms with E-state index in [2.05, 4.69) is 26.2 Å². The van der Waals surface area contributed by atoms with Gasteiger partial charge in [-0.25, -0.2) is 4.98 Å². The highest BCUT2D eigenvalue weighted by molar-refractivity contribution is 5.58. The molecule has 0 fully saturated rings. The summed E-state index contributed by atoms with van der Waals surface area (Å²) in [5.74, 6) is 1.29. The average molecular weight is 237 g/mol. The van der Waals surface area contributed by atoms with E-state index >= 15 is 0 Å². The third kappa shape index (κ3) is 1.74. The van der Waals surface area contributed by atoms with Crippen LogP contribution in [0.5, 0.6) is 0 Å². The molecule has 1 N–H and O–H groups in total. The Labute approximate surface area is 102 Å². The van der Waals surface area contributed by atoms with Crippen molar-refractivity contribution in [3.63, 3.8) is 0 Å². The maximum absolute atomic E-state index is 8.83. The van der Waals surface area contributed by atoms with Gasteiger partial charge in [0.15, 0.2) is 5.82 Å². The van der Waals surface area contributed by atoms with Crippen molar-refractivity contribution in [1.82, 2.24) is 20.1 Å². The zero-order valence-electron chi connectivity index (χ0n) is 9.16. The lowest BCUT2D eigenvalue weighted by Gasteiger charge is -1.93. The highest BCUT2D eigenvalue weighted by Gasteiger charge is 2.12. The van der Waals surface area contributed by atoms with Gasteiger partial charge in [-0.3, -0.25) is 0 Å². The summed E-state index contributed by atoms with van der Waals surface area (Å²) in [5, 5.41) is 12.7. The molecule has 0 amide bonds. The molecule has 0 aliphatic heterocycles. The number of hydrogen-bond acceptors (Lipinski definition) is 5. The van der Waals surface area contributed by atoms with Gasteiger partial charge in [0.25, 0.3) is 5.89 Å². The SMILES string of the molecule is N#Cc1cccc(-c2nc(-c3ncc[nH]3)no2)c1. The molecule has 1 aromatic carbocycles. The van der Waals surface area contributed by atoms with E-state index in [-0.39, 0.29) is 0 Å². The summed E-state index contributed by atoms with van der Waals surface area (Å²) >= 11 is 0. The van der Waals surface area contributed by atoms with Crippen LogP contribution in [0, 0.1) is 11.3 Å². The molecule has 6 nitrogen and oxygen atoms in total. The summed E-state index contributed by atoms with van der Waals surface area (Å²) in [7, 11) is 0. The molecule has 0 aliphatic carbocycles. The van der Waals surface area contributed by atoms with Crippen LogP contribution in [0.1, 0.15) is 5.56 Å². The Hall–Kier alpha value is -2.94. The Morgan fingerprint density at radius 1 is 1.33 bits per heavy atom. The molecular weight excluding hydrogens is 230 g/mol. The van der Waals surface area contributed by atoms with E-state index in [1.807, 2.05) is 0 Å². The molecular formula is C12H7N5O. The fourth-order valence-corrected chi connectivity index (χ4v) is 1.55. The topological polar surface area (TPSA) is 91.4 Å². The highest BCUT2D eigenvalue weighted by atomic mass is 16.5. The molecule has 0 saturated heterocycles. The van der Waals surface area contributed by atoms with Crippen molar-refractivity contribution in [3.05, 3.63) is 42.2 Å². The molecule has 3 rings (SSSR count). The molecule has 18 heavy (non-hydrogen) atoms. The lowest BCUT2D eigenvalue weighted by Crippen LogP contribution is -1.83. The summed E-state index contributed by atoms with van der Waals surface area (Å²) in [5.41, 5.74) is 1.25. The van der Waals surface area contributed by atoms with Gasteiger partial charge in [0.1, 0.15) is 0 Å². The summed E-state index contributed by atoms with van der Waals surface area (Å²) in [6.45, 7) is 0. The third-order valence-corrected chi connectivity index (χ3v) is 2.37. The van der Waals surface area contributed by atoms with Crippen molar-refractivity contribution in [3.8, 4) is 29.2 Å². The van der Waals surface area contributed by atoms with Crippen LogP contribution >= 0.6 is 0 Å². The van der Waals surface area contributed by atoms with E-state index in [1.54, 1.807) is 36.7 Å². The number of H-pyrrole nitrogens is 1. The lowest BCUT2D eigenvalue weighted by molar-refractivity contribution is 0.432. The molecule has 0 aliphatic rings. The van der Waals surface area contributed by atoms with Crippen LogP contribution in [0.15, 0.2) is 41.2 Å². The second kappa shape index (κ2) is 4.14. The van der Waals surface area contributed by atoms with Crippen molar-refractivity contribution in [2.45, 2.75) is 0 Å². The second-order valence-electron chi connectivity index (χ2n) is 3.55. The molecule has 2 aromatic heterocycles. The van der Waals surface area contributed by atoms with Crippen LogP contribution < -0.4 is 0 Å². The normalized spacial score (nSPS) is 10.2. The van der Waals surface area contributed by atoms with Crippen LogP contribution in [-0.2, 0) is 0 Å². The molecule has 0 saturated carbocycles. The average Bonchev–Trinajstić information content (AvgIpc) is 3.09. The number of imidazole rings is 1. The summed E-state index contributed by atoms with van der Waals surface area (Å²) < 4.78 is 5.14. The lowest BCUT2D eigenvalue weighted by atomic mass is 10.1. The van der Waals surface area contributed by atoms with E-state index in [1.165, 1.54) is 0 Å². The smallest absolute Gasteiger partial charge is 0.258 e. The predicted molar refractivity (Wildman–Crippen MR) is 62.0 cm³/mol. The number of nitrogens with one attached hydrogen (secondary N) is 1. The molecule has 3 aromatic rings. The number of nitriles is 1. The fourth-order valence-electron chi connectivity index (χ4n) is 1.55. The standard InChI is InChI=1S/C12H7N5O/c13-7-8-2-1-3-9(6-8)12-16-11(17-18-12)10-14-4-5-15-10/h1-6H,(H,14,15). The van der Waals surface area contributed by atoms with Gasteiger partial charge in [0.2, 0.25) is 5.82 Å². The predicted octanol–water partition coefficient (Wildman–Crippen LogP) is 2.00. The van der Waals surface area contributed by atoms with Crippen LogP contribution in [0.25, 0.3) is 23.1 Å². The number of aromatic nitrogens is 4. The molecule has 0 bridgehead atoms. The van der Waals surface area contributed by atoms with Gasteiger partial charge >= 0.3 is 0 Å². The molecule has 0 radical (unpaired) electrons. The number of rotatable bonds is 2. The van der Waals surface area contributed by atoms with E-state index in [9.17, 15) is 0 Å². The molecule has 0 spiro atoms. The van der Waals surface area contributed by atoms with Gasteiger partial charge in [-0.1, -0.05) is 11.2 Å².